The first-order valence-electron chi connectivity index (χ1n) is 8.50. The van der Waals surface area contributed by atoms with Crippen LogP contribution in [0.4, 0.5) is 0 Å². The summed E-state index contributed by atoms with van der Waals surface area (Å²) in [6.07, 6.45) is 7.59. The quantitative estimate of drug-likeness (QED) is 0.488. The van der Waals surface area contributed by atoms with Crippen LogP contribution in [0.3, 0.4) is 0 Å². The molecule has 0 aromatic carbocycles. The average Bonchev–Trinajstić information content (AvgIpc) is 2.91. The molecule has 21 heavy (non-hydrogen) atoms. The van der Waals surface area contributed by atoms with Crippen LogP contribution in [0.1, 0.15) is 66.2 Å². The van der Waals surface area contributed by atoms with Crippen molar-refractivity contribution in [1.29, 1.82) is 0 Å². The van der Waals surface area contributed by atoms with Gasteiger partial charge in [-0.15, -0.1) is 0 Å². The highest BCUT2D eigenvalue weighted by Crippen LogP contribution is 2.28. The molecule has 0 aromatic rings. The minimum absolute atomic E-state index is 0.112. The van der Waals surface area contributed by atoms with Gasteiger partial charge in [0, 0.05) is 6.04 Å². The van der Waals surface area contributed by atoms with E-state index in [4.69, 9.17) is 4.74 Å². The van der Waals surface area contributed by atoms with Crippen molar-refractivity contribution in [2.45, 2.75) is 77.8 Å². The van der Waals surface area contributed by atoms with Crippen molar-refractivity contribution in [1.82, 2.24) is 5.32 Å². The Morgan fingerprint density at radius 1 is 1.38 bits per heavy atom. The highest BCUT2D eigenvalue weighted by Gasteiger charge is 2.34. The van der Waals surface area contributed by atoms with Gasteiger partial charge in [-0.3, -0.25) is 10.1 Å². The summed E-state index contributed by atoms with van der Waals surface area (Å²) in [7, 11) is 0. The number of esters is 1. The summed E-state index contributed by atoms with van der Waals surface area (Å²) in [5.41, 5.74) is -0.544. The van der Waals surface area contributed by atoms with Gasteiger partial charge < -0.3 is 4.74 Å². The lowest BCUT2D eigenvalue weighted by atomic mass is 9.95. The van der Waals surface area contributed by atoms with Crippen molar-refractivity contribution in [3.8, 4) is 0 Å². The minimum atomic E-state index is -0.544. The van der Waals surface area contributed by atoms with Crippen LogP contribution in [-0.2, 0) is 9.53 Å². The number of carbonyl (C=O) groups excluding carboxylic acids is 1. The van der Waals surface area contributed by atoms with E-state index >= 15 is 0 Å². The van der Waals surface area contributed by atoms with E-state index < -0.39 is 5.54 Å². The lowest BCUT2D eigenvalue weighted by molar-refractivity contribution is -0.151. The van der Waals surface area contributed by atoms with Crippen LogP contribution >= 0.6 is 11.8 Å². The average molecular weight is 316 g/mol. The first kappa shape index (κ1) is 18.8. The Morgan fingerprint density at radius 2 is 2.05 bits per heavy atom. The Hall–Kier alpha value is -0.220. The van der Waals surface area contributed by atoms with Crippen LogP contribution < -0.4 is 5.32 Å². The zero-order chi connectivity index (χ0) is 15.7. The third kappa shape index (κ3) is 7.05. The summed E-state index contributed by atoms with van der Waals surface area (Å²) in [6, 6.07) is 0.283. The van der Waals surface area contributed by atoms with Gasteiger partial charge in [-0.25, -0.2) is 0 Å². The van der Waals surface area contributed by atoms with Crippen molar-refractivity contribution < 1.29 is 9.53 Å². The van der Waals surface area contributed by atoms with Crippen LogP contribution in [0.15, 0.2) is 0 Å². The Labute approximate surface area is 135 Å². The molecular weight excluding hydrogens is 282 g/mol. The maximum atomic E-state index is 12.2. The predicted molar refractivity (Wildman–Crippen MR) is 91.8 cm³/mol. The molecular formula is C17H33NO2S. The van der Waals surface area contributed by atoms with Gasteiger partial charge in [-0.05, 0) is 70.8 Å². The molecule has 0 aromatic heterocycles. The molecule has 1 aliphatic rings. The second kappa shape index (κ2) is 9.73. The number of nitrogens with one attached hydrogen (secondary N) is 1. The molecule has 1 unspecified atom stereocenters. The number of rotatable bonds is 10. The maximum Gasteiger partial charge on any atom is 0.326 e. The van der Waals surface area contributed by atoms with Gasteiger partial charge in [-0.2, -0.15) is 11.8 Å². The number of hydrogen-bond acceptors (Lipinski definition) is 4. The molecule has 0 saturated heterocycles. The predicted octanol–water partition coefficient (Wildman–Crippen LogP) is 4.01. The highest BCUT2D eigenvalue weighted by molar-refractivity contribution is 7.99. The van der Waals surface area contributed by atoms with E-state index in [0.717, 1.165) is 24.5 Å². The van der Waals surface area contributed by atoms with E-state index in [0.29, 0.717) is 6.61 Å². The summed E-state index contributed by atoms with van der Waals surface area (Å²) in [5, 5.41) is 3.39. The van der Waals surface area contributed by atoms with Gasteiger partial charge in [0.15, 0.2) is 0 Å². The van der Waals surface area contributed by atoms with Gasteiger partial charge in [0.25, 0.3) is 0 Å². The van der Waals surface area contributed by atoms with E-state index in [1.807, 2.05) is 13.8 Å². The smallest absolute Gasteiger partial charge is 0.326 e. The lowest BCUT2D eigenvalue weighted by Gasteiger charge is -2.30. The fraction of sp³-hybridized carbons (Fsp3) is 0.941. The van der Waals surface area contributed by atoms with Crippen LogP contribution in [-0.4, -0.2) is 35.7 Å². The molecule has 0 aliphatic heterocycles. The third-order valence-corrected chi connectivity index (χ3v) is 5.41. The number of carbonyl (C=O) groups is 1. The van der Waals surface area contributed by atoms with Crippen LogP contribution in [0.25, 0.3) is 0 Å². The molecule has 0 heterocycles. The second-order valence-electron chi connectivity index (χ2n) is 6.68. The van der Waals surface area contributed by atoms with Crippen LogP contribution in [0, 0.1) is 5.92 Å². The van der Waals surface area contributed by atoms with Gasteiger partial charge in [0.2, 0.25) is 0 Å². The molecule has 124 valence electrons. The molecule has 1 N–H and O–H groups in total. The van der Waals surface area contributed by atoms with E-state index in [9.17, 15) is 4.79 Å². The summed E-state index contributed by atoms with van der Waals surface area (Å²) in [5.74, 6) is 3.28. The number of ether oxygens (including phenoxy) is 1. The Morgan fingerprint density at radius 3 is 2.62 bits per heavy atom. The topological polar surface area (TPSA) is 38.3 Å². The molecule has 4 heteroatoms. The van der Waals surface area contributed by atoms with E-state index in [1.165, 1.54) is 31.4 Å². The minimum Gasteiger partial charge on any atom is -0.465 e. The Balaban J connectivity index is 2.29. The van der Waals surface area contributed by atoms with Crippen molar-refractivity contribution in [2.75, 3.05) is 18.1 Å². The fourth-order valence-electron chi connectivity index (χ4n) is 3.12. The molecule has 0 amide bonds. The summed E-state index contributed by atoms with van der Waals surface area (Å²) in [4.78, 5) is 12.2. The molecule has 0 spiro atoms. The normalized spacial score (nSPS) is 18.9. The zero-order valence-corrected chi connectivity index (χ0v) is 15.1. The molecule has 1 rings (SSSR count). The summed E-state index contributed by atoms with van der Waals surface area (Å²) in [6.45, 7) is 8.45. The third-order valence-electron chi connectivity index (χ3n) is 4.13. The van der Waals surface area contributed by atoms with Gasteiger partial charge in [0.05, 0.1) is 6.61 Å². The van der Waals surface area contributed by atoms with Crippen molar-refractivity contribution in [3.63, 3.8) is 0 Å². The molecule has 1 fully saturated rings. The summed E-state index contributed by atoms with van der Waals surface area (Å²) >= 11 is 2.06. The highest BCUT2D eigenvalue weighted by atomic mass is 32.2. The second-order valence-corrected chi connectivity index (χ2v) is 7.83. The van der Waals surface area contributed by atoms with Crippen molar-refractivity contribution in [2.24, 2.45) is 5.92 Å². The fourth-order valence-corrected chi connectivity index (χ4v) is 4.30. The van der Waals surface area contributed by atoms with E-state index in [2.05, 4.69) is 30.9 Å². The number of thioether (sulfide) groups is 1. The SMILES string of the molecule is CCOC(=O)C(C)(CCCSCC1CCCC1)NC(C)C. The standard InChI is InChI=1S/C17H33NO2S/c1-5-20-16(19)17(4,18-14(2)3)11-8-12-21-13-15-9-6-7-10-15/h14-15,18H,5-13H2,1-4H3. The zero-order valence-electron chi connectivity index (χ0n) is 14.2. The maximum absolute atomic E-state index is 12.2. The monoisotopic (exact) mass is 315 g/mol. The summed E-state index contributed by atoms with van der Waals surface area (Å²) < 4.78 is 5.24. The van der Waals surface area contributed by atoms with Crippen molar-refractivity contribution >= 4 is 17.7 Å². The van der Waals surface area contributed by atoms with Gasteiger partial charge >= 0.3 is 5.97 Å². The first-order valence-corrected chi connectivity index (χ1v) is 9.66. The largest absolute Gasteiger partial charge is 0.465 e. The molecule has 1 saturated carbocycles. The van der Waals surface area contributed by atoms with Crippen molar-refractivity contribution in [3.05, 3.63) is 0 Å². The molecule has 3 nitrogen and oxygen atoms in total. The first-order chi connectivity index (χ1) is 9.98. The van der Waals surface area contributed by atoms with Gasteiger partial charge in [0.1, 0.15) is 5.54 Å². The molecule has 0 bridgehead atoms. The van der Waals surface area contributed by atoms with Gasteiger partial charge in [-0.1, -0.05) is 12.8 Å². The molecule has 1 aliphatic carbocycles. The molecule has 0 radical (unpaired) electrons. The van der Waals surface area contributed by atoms with E-state index in [-0.39, 0.29) is 12.0 Å². The van der Waals surface area contributed by atoms with E-state index in [1.54, 1.807) is 0 Å². The molecule has 1 atom stereocenters. The Kier molecular flexibility index (Phi) is 8.72. The van der Waals surface area contributed by atoms with Crippen LogP contribution in [0.2, 0.25) is 0 Å². The lowest BCUT2D eigenvalue weighted by Crippen LogP contribution is -2.53. The Bertz CT molecular complexity index is 303. The number of hydrogen-bond donors (Lipinski definition) is 1. The van der Waals surface area contributed by atoms with Crippen LogP contribution in [0.5, 0.6) is 0 Å².